The smallest absolute Gasteiger partial charge is 0.293 e. The maximum absolute atomic E-state index is 13.0. The Kier molecular flexibility index (Phi) is 6.63. The van der Waals surface area contributed by atoms with Crippen LogP contribution in [-0.4, -0.2) is 62.0 Å². The third-order valence-corrected chi connectivity index (χ3v) is 5.76. The van der Waals surface area contributed by atoms with Gasteiger partial charge < -0.3 is 10.5 Å². The van der Waals surface area contributed by atoms with Crippen molar-refractivity contribution in [1.82, 2.24) is 35.6 Å². The van der Waals surface area contributed by atoms with Crippen molar-refractivity contribution < 1.29 is 14.2 Å². The van der Waals surface area contributed by atoms with E-state index in [-0.39, 0.29) is 17.3 Å². The van der Waals surface area contributed by atoms with Gasteiger partial charge in [-0.15, -0.1) is 5.10 Å². The van der Waals surface area contributed by atoms with Crippen LogP contribution < -0.4 is 15.9 Å². The highest BCUT2D eigenvalue weighted by Gasteiger charge is 2.27. The molecule has 0 radical (unpaired) electrons. The average molecular weight is 454 g/mol. The molecule has 3 N–H and O–H groups in total. The first kappa shape index (κ1) is 22.4. The van der Waals surface area contributed by atoms with Crippen molar-refractivity contribution in [3.8, 4) is 11.6 Å². The Morgan fingerprint density at radius 1 is 1.27 bits per heavy atom. The Morgan fingerprint density at radius 2 is 2.00 bits per heavy atom. The van der Waals surface area contributed by atoms with Crippen LogP contribution in [0.1, 0.15) is 48.4 Å². The molecule has 1 aliphatic heterocycles. The third-order valence-electron chi connectivity index (χ3n) is 5.76. The van der Waals surface area contributed by atoms with Gasteiger partial charge in [-0.2, -0.15) is 9.78 Å². The Hall–Kier alpha value is -3.80. The number of hydrogen-bond donors (Lipinski definition) is 2. The first-order chi connectivity index (χ1) is 16.0. The monoisotopic (exact) mass is 453 g/mol. The van der Waals surface area contributed by atoms with Crippen molar-refractivity contribution in [2.45, 2.75) is 33.2 Å². The van der Waals surface area contributed by atoms with E-state index in [0.29, 0.717) is 23.9 Å². The van der Waals surface area contributed by atoms with Gasteiger partial charge in [0.05, 0.1) is 18.5 Å². The molecule has 3 heterocycles. The number of carbonyl (C=O) groups is 1. The van der Waals surface area contributed by atoms with Crippen molar-refractivity contribution in [1.29, 1.82) is 0 Å². The number of nitrogens with one attached hydrogen (secondary N) is 1. The number of aromatic nitrogens is 5. The number of hydrazone groups is 1. The van der Waals surface area contributed by atoms with Crippen molar-refractivity contribution in [3.05, 3.63) is 41.2 Å². The second kappa shape index (κ2) is 9.77. The van der Waals surface area contributed by atoms with E-state index in [2.05, 4.69) is 43.0 Å². The van der Waals surface area contributed by atoms with Gasteiger partial charge in [-0.1, -0.05) is 12.1 Å². The Labute approximate surface area is 190 Å². The molecule has 0 aliphatic carbocycles. The van der Waals surface area contributed by atoms with E-state index in [1.54, 1.807) is 14.0 Å². The lowest BCUT2D eigenvalue weighted by Crippen LogP contribution is -2.34. The summed E-state index contributed by atoms with van der Waals surface area (Å²) < 4.78 is 11.3. The summed E-state index contributed by atoms with van der Waals surface area (Å²) >= 11 is 0. The molecule has 0 unspecified atom stereocenters. The maximum Gasteiger partial charge on any atom is 0.293 e. The van der Waals surface area contributed by atoms with Crippen LogP contribution >= 0.6 is 0 Å². The molecule has 1 aromatic carbocycles. The summed E-state index contributed by atoms with van der Waals surface area (Å²) in [7, 11) is 1.61. The summed E-state index contributed by atoms with van der Waals surface area (Å²) in [4.78, 5) is 15.3. The number of ether oxygens (including phenoxy) is 1. The van der Waals surface area contributed by atoms with Crippen LogP contribution in [0.3, 0.4) is 0 Å². The molecule has 1 aliphatic rings. The fourth-order valence-electron chi connectivity index (χ4n) is 3.64. The van der Waals surface area contributed by atoms with E-state index in [0.717, 1.165) is 37.2 Å². The second-order valence-corrected chi connectivity index (χ2v) is 8.09. The van der Waals surface area contributed by atoms with Crippen molar-refractivity contribution in [2.24, 2.45) is 11.0 Å². The predicted molar refractivity (Wildman–Crippen MR) is 120 cm³/mol. The van der Waals surface area contributed by atoms with Crippen LogP contribution in [0.4, 0.5) is 5.82 Å². The molecule has 174 valence electrons. The number of nitrogens with zero attached hydrogens (tertiary/aromatic N) is 7. The van der Waals surface area contributed by atoms with E-state index >= 15 is 0 Å². The Morgan fingerprint density at radius 3 is 2.64 bits per heavy atom. The first-order valence-corrected chi connectivity index (χ1v) is 10.7. The van der Waals surface area contributed by atoms with Crippen LogP contribution in [0.15, 0.2) is 34.0 Å². The normalized spacial score (nSPS) is 15.5. The van der Waals surface area contributed by atoms with Crippen LogP contribution in [0.5, 0.6) is 5.75 Å². The molecular weight excluding hydrogens is 426 g/mol. The van der Waals surface area contributed by atoms with Gasteiger partial charge in [0.25, 0.3) is 5.91 Å². The molecule has 12 nitrogen and oxygen atoms in total. The fourth-order valence-corrected chi connectivity index (χ4v) is 3.64. The molecule has 0 saturated carbocycles. The number of methoxy groups -OCH3 is 1. The summed E-state index contributed by atoms with van der Waals surface area (Å²) in [6.45, 7) is 6.32. The molecule has 12 heteroatoms. The van der Waals surface area contributed by atoms with Gasteiger partial charge in [0.2, 0.25) is 11.6 Å². The van der Waals surface area contributed by atoms with Gasteiger partial charge in [-0.25, -0.2) is 10.1 Å². The predicted octanol–water partition coefficient (Wildman–Crippen LogP) is 1.63. The minimum absolute atomic E-state index is 0.0637. The van der Waals surface area contributed by atoms with E-state index in [1.165, 1.54) is 4.68 Å². The van der Waals surface area contributed by atoms with Gasteiger partial charge in [0, 0.05) is 6.54 Å². The molecule has 0 atom stereocenters. The molecule has 4 rings (SSSR count). The first-order valence-electron chi connectivity index (χ1n) is 10.7. The SMILES string of the molecule is COc1ccc(/C(C)=N\NC(=O)c2nnn(-c3nonc3N)c2CN2CCC(C)CC2)cc1. The number of nitrogen functional groups attached to an aromatic ring is 1. The zero-order valence-electron chi connectivity index (χ0n) is 18.9. The van der Waals surface area contributed by atoms with E-state index in [1.807, 2.05) is 24.3 Å². The zero-order chi connectivity index (χ0) is 23.4. The second-order valence-electron chi connectivity index (χ2n) is 8.09. The van der Waals surface area contributed by atoms with Gasteiger partial charge >= 0.3 is 0 Å². The number of benzene rings is 1. The lowest BCUT2D eigenvalue weighted by atomic mass is 9.99. The van der Waals surface area contributed by atoms with Crippen LogP contribution in [0.2, 0.25) is 0 Å². The number of likely N-dealkylation sites (tertiary alicyclic amines) is 1. The summed E-state index contributed by atoms with van der Waals surface area (Å²) in [6.07, 6.45) is 2.17. The maximum atomic E-state index is 13.0. The topological polar surface area (TPSA) is 150 Å². The van der Waals surface area contributed by atoms with Crippen LogP contribution in [0, 0.1) is 5.92 Å². The number of hydrogen-bond acceptors (Lipinski definition) is 10. The lowest BCUT2D eigenvalue weighted by molar-refractivity contribution is 0.0946. The zero-order valence-corrected chi connectivity index (χ0v) is 18.9. The van der Waals surface area contributed by atoms with Gasteiger partial charge in [0.1, 0.15) is 5.75 Å². The highest BCUT2D eigenvalue weighted by molar-refractivity contribution is 6.00. The van der Waals surface area contributed by atoms with E-state index in [9.17, 15) is 4.79 Å². The molecule has 1 fully saturated rings. The molecule has 0 spiro atoms. The Bertz CT molecular complexity index is 1130. The highest BCUT2D eigenvalue weighted by Crippen LogP contribution is 2.22. The minimum Gasteiger partial charge on any atom is -0.497 e. The molecule has 3 aromatic rings. The molecule has 33 heavy (non-hydrogen) atoms. The van der Waals surface area contributed by atoms with Crippen LogP contribution in [-0.2, 0) is 6.54 Å². The van der Waals surface area contributed by atoms with E-state index in [4.69, 9.17) is 15.1 Å². The summed E-state index contributed by atoms with van der Waals surface area (Å²) in [5, 5.41) is 19.8. The third kappa shape index (κ3) is 5.00. The Balaban J connectivity index is 1.57. The summed E-state index contributed by atoms with van der Waals surface area (Å²) in [5.74, 6) is 1.20. The summed E-state index contributed by atoms with van der Waals surface area (Å²) in [5.41, 5.74) is 10.6. The quantitative estimate of drug-likeness (QED) is 0.402. The van der Waals surface area contributed by atoms with Gasteiger partial charge in [-0.3, -0.25) is 9.69 Å². The summed E-state index contributed by atoms with van der Waals surface area (Å²) in [6, 6.07) is 7.39. The number of anilines is 1. The molecule has 1 amide bonds. The molecule has 0 bridgehead atoms. The number of amides is 1. The molecule has 1 saturated heterocycles. The van der Waals surface area contributed by atoms with Gasteiger partial charge in [-0.05, 0) is 78.9 Å². The molecular formula is C21H27N9O3. The lowest BCUT2D eigenvalue weighted by Gasteiger charge is -2.30. The van der Waals surface area contributed by atoms with Crippen molar-refractivity contribution >= 4 is 17.4 Å². The van der Waals surface area contributed by atoms with Gasteiger partial charge in [0.15, 0.2) is 5.69 Å². The van der Waals surface area contributed by atoms with Crippen molar-refractivity contribution in [3.63, 3.8) is 0 Å². The number of carbonyl (C=O) groups excluding carboxylic acids is 1. The number of nitrogens with two attached hydrogens (primary N) is 1. The van der Waals surface area contributed by atoms with Crippen LogP contribution in [0.25, 0.3) is 5.82 Å². The van der Waals surface area contributed by atoms with E-state index < -0.39 is 5.91 Å². The molecule has 2 aromatic heterocycles. The minimum atomic E-state index is -0.482. The largest absolute Gasteiger partial charge is 0.497 e. The highest BCUT2D eigenvalue weighted by atomic mass is 16.6. The number of piperidine rings is 1. The standard InChI is InChI=1S/C21H27N9O3/c1-13-8-10-29(11-9-13)12-17-18(24-28-30(17)20-19(22)26-33-27-20)21(31)25-23-14(2)15-4-6-16(32-3)7-5-15/h4-7,13H,8-12H2,1-3H3,(H2,22,26)(H,25,31)/b23-14-. The fraction of sp³-hybridized carbons (Fsp3) is 0.429. The number of rotatable bonds is 7. The van der Waals surface area contributed by atoms with Crippen molar-refractivity contribution in [2.75, 3.05) is 25.9 Å². The average Bonchev–Trinajstić information content (AvgIpc) is 3.44.